The Morgan fingerprint density at radius 2 is 2.19 bits per heavy atom. The minimum Gasteiger partial charge on any atom is -0.355 e. The standard InChI is InChI=1S/C13H13FN2/c14-11-2-1-3-12-10(11)7-16-6-8-4-9(5-8)13(16)15-12/h1-3,8-9H,4-7H2. The summed E-state index contributed by atoms with van der Waals surface area (Å²) in [5.41, 5.74) is 1.61. The van der Waals surface area contributed by atoms with Crippen LogP contribution in [-0.2, 0) is 6.54 Å². The van der Waals surface area contributed by atoms with E-state index in [9.17, 15) is 4.39 Å². The first-order valence-electron chi connectivity index (χ1n) is 5.92. The van der Waals surface area contributed by atoms with Gasteiger partial charge in [0.2, 0.25) is 0 Å². The third kappa shape index (κ3) is 1.03. The van der Waals surface area contributed by atoms with E-state index in [2.05, 4.69) is 9.89 Å². The Balaban J connectivity index is 1.84. The van der Waals surface area contributed by atoms with Crippen LogP contribution in [-0.4, -0.2) is 17.3 Å². The van der Waals surface area contributed by atoms with Gasteiger partial charge in [-0.2, -0.15) is 0 Å². The molecule has 3 aliphatic heterocycles. The summed E-state index contributed by atoms with van der Waals surface area (Å²) in [6, 6.07) is 5.21. The molecule has 1 aromatic rings. The van der Waals surface area contributed by atoms with E-state index in [1.807, 2.05) is 6.07 Å². The second-order valence-electron chi connectivity index (χ2n) is 5.12. The molecule has 0 N–H and O–H groups in total. The molecule has 3 fully saturated rings. The maximum absolute atomic E-state index is 13.6. The third-order valence-electron chi connectivity index (χ3n) is 4.08. The number of hydrogen-bond acceptors (Lipinski definition) is 2. The number of rotatable bonds is 0. The average molecular weight is 216 g/mol. The number of nitrogens with zero attached hydrogens (tertiary/aromatic N) is 2. The van der Waals surface area contributed by atoms with E-state index in [1.54, 1.807) is 6.07 Å². The Morgan fingerprint density at radius 3 is 3.06 bits per heavy atom. The van der Waals surface area contributed by atoms with Gasteiger partial charge >= 0.3 is 0 Å². The molecule has 2 saturated heterocycles. The van der Waals surface area contributed by atoms with E-state index in [0.29, 0.717) is 12.5 Å². The lowest BCUT2D eigenvalue weighted by molar-refractivity contribution is 0.134. The first-order valence-corrected chi connectivity index (χ1v) is 5.92. The Morgan fingerprint density at radius 1 is 1.31 bits per heavy atom. The molecule has 1 saturated carbocycles. The molecule has 5 rings (SSSR count). The van der Waals surface area contributed by atoms with Crippen LogP contribution >= 0.6 is 0 Å². The summed E-state index contributed by atoms with van der Waals surface area (Å²) in [5.74, 6) is 2.58. The molecule has 3 heterocycles. The van der Waals surface area contributed by atoms with Crippen molar-refractivity contribution in [3.8, 4) is 0 Å². The normalized spacial score (nSPS) is 30.1. The number of aliphatic imine (C=N–C) groups is 1. The van der Waals surface area contributed by atoms with Gasteiger partial charge in [-0.15, -0.1) is 0 Å². The highest BCUT2D eigenvalue weighted by atomic mass is 19.1. The first kappa shape index (κ1) is 8.74. The highest BCUT2D eigenvalue weighted by Crippen LogP contribution is 2.44. The van der Waals surface area contributed by atoms with Gasteiger partial charge in [0, 0.05) is 24.6 Å². The van der Waals surface area contributed by atoms with Crippen molar-refractivity contribution in [3.05, 3.63) is 29.6 Å². The van der Waals surface area contributed by atoms with Gasteiger partial charge < -0.3 is 4.90 Å². The number of amidine groups is 1. The quantitative estimate of drug-likeness (QED) is 0.651. The fraction of sp³-hybridized carbons (Fsp3) is 0.462. The summed E-state index contributed by atoms with van der Waals surface area (Å²) in [7, 11) is 0. The molecule has 1 aromatic carbocycles. The van der Waals surface area contributed by atoms with Crippen molar-refractivity contribution in [2.24, 2.45) is 16.8 Å². The highest BCUT2D eigenvalue weighted by Gasteiger charge is 2.43. The van der Waals surface area contributed by atoms with Gasteiger partial charge in [0.25, 0.3) is 0 Å². The van der Waals surface area contributed by atoms with Crippen molar-refractivity contribution in [2.45, 2.75) is 19.4 Å². The summed E-state index contributed by atoms with van der Waals surface area (Å²) in [6.07, 6.45) is 2.58. The maximum Gasteiger partial charge on any atom is 0.130 e. The van der Waals surface area contributed by atoms with Gasteiger partial charge in [-0.3, -0.25) is 0 Å². The van der Waals surface area contributed by atoms with Gasteiger partial charge in [0.1, 0.15) is 11.7 Å². The molecular weight excluding hydrogens is 203 g/mol. The Kier molecular flexibility index (Phi) is 1.55. The van der Waals surface area contributed by atoms with E-state index in [-0.39, 0.29) is 5.82 Å². The van der Waals surface area contributed by atoms with Crippen LogP contribution in [0.2, 0.25) is 0 Å². The number of piperidine rings is 2. The Labute approximate surface area is 93.8 Å². The Hall–Kier alpha value is -1.38. The average Bonchev–Trinajstić information content (AvgIpc) is 2.25. The fourth-order valence-electron chi connectivity index (χ4n) is 3.19. The molecule has 1 aliphatic carbocycles. The van der Waals surface area contributed by atoms with Gasteiger partial charge in [0.05, 0.1) is 5.69 Å². The van der Waals surface area contributed by atoms with Crippen LogP contribution < -0.4 is 0 Å². The lowest BCUT2D eigenvalue weighted by atomic mass is 9.70. The molecule has 0 radical (unpaired) electrons. The van der Waals surface area contributed by atoms with Crippen molar-refractivity contribution in [1.82, 2.24) is 4.90 Å². The minimum absolute atomic E-state index is 0.112. The van der Waals surface area contributed by atoms with Crippen LogP contribution in [0.1, 0.15) is 18.4 Å². The smallest absolute Gasteiger partial charge is 0.130 e. The maximum atomic E-state index is 13.6. The lowest BCUT2D eigenvalue weighted by Gasteiger charge is -2.50. The van der Waals surface area contributed by atoms with Crippen molar-refractivity contribution >= 4 is 11.5 Å². The van der Waals surface area contributed by atoms with Crippen molar-refractivity contribution in [3.63, 3.8) is 0 Å². The summed E-state index contributed by atoms with van der Waals surface area (Å²) in [6.45, 7) is 1.79. The second kappa shape index (κ2) is 2.84. The molecule has 3 heteroatoms. The summed E-state index contributed by atoms with van der Waals surface area (Å²) in [4.78, 5) is 6.92. The topological polar surface area (TPSA) is 15.6 Å². The van der Waals surface area contributed by atoms with Crippen molar-refractivity contribution in [2.75, 3.05) is 6.54 Å². The molecule has 16 heavy (non-hydrogen) atoms. The van der Waals surface area contributed by atoms with Gasteiger partial charge in [-0.25, -0.2) is 9.38 Å². The third-order valence-corrected chi connectivity index (χ3v) is 4.08. The van der Waals surface area contributed by atoms with Gasteiger partial charge in [-0.05, 0) is 30.9 Å². The molecule has 82 valence electrons. The number of hydrogen-bond donors (Lipinski definition) is 0. The zero-order valence-corrected chi connectivity index (χ0v) is 8.99. The lowest BCUT2D eigenvalue weighted by Crippen LogP contribution is -2.53. The molecule has 2 bridgehead atoms. The van der Waals surface area contributed by atoms with Crippen LogP contribution in [0, 0.1) is 17.7 Å². The number of fused-ring (bicyclic) bond motifs is 1. The van der Waals surface area contributed by atoms with Gasteiger partial charge in [0.15, 0.2) is 0 Å². The van der Waals surface area contributed by atoms with Crippen LogP contribution in [0.5, 0.6) is 0 Å². The molecule has 0 aromatic heterocycles. The van der Waals surface area contributed by atoms with E-state index in [0.717, 1.165) is 23.7 Å². The minimum atomic E-state index is -0.112. The molecule has 0 unspecified atom stereocenters. The summed E-state index contributed by atoms with van der Waals surface area (Å²) in [5, 5.41) is 0. The number of benzene rings is 1. The predicted molar refractivity (Wildman–Crippen MR) is 60.1 cm³/mol. The van der Waals surface area contributed by atoms with Crippen molar-refractivity contribution in [1.29, 1.82) is 0 Å². The van der Waals surface area contributed by atoms with Gasteiger partial charge in [-0.1, -0.05) is 6.07 Å². The highest BCUT2D eigenvalue weighted by molar-refractivity contribution is 5.90. The summed E-state index contributed by atoms with van der Waals surface area (Å²) < 4.78 is 13.6. The number of halogens is 1. The molecule has 4 aliphatic rings. The molecule has 0 atom stereocenters. The monoisotopic (exact) mass is 216 g/mol. The molecule has 0 spiro atoms. The van der Waals surface area contributed by atoms with Crippen LogP contribution in [0.4, 0.5) is 10.1 Å². The van der Waals surface area contributed by atoms with E-state index >= 15 is 0 Å². The predicted octanol–water partition coefficient (Wildman–Crippen LogP) is 2.71. The summed E-state index contributed by atoms with van der Waals surface area (Å²) >= 11 is 0. The van der Waals surface area contributed by atoms with Crippen LogP contribution in [0.3, 0.4) is 0 Å². The molecule has 0 amide bonds. The van der Waals surface area contributed by atoms with E-state index in [4.69, 9.17) is 0 Å². The molecule has 2 nitrogen and oxygen atoms in total. The van der Waals surface area contributed by atoms with Crippen LogP contribution in [0.15, 0.2) is 23.2 Å². The largest absolute Gasteiger partial charge is 0.355 e. The van der Waals surface area contributed by atoms with Crippen molar-refractivity contribution < 1.29 is 4.39 Å². The second-order valence-corrected chi connectivity index (χ2v) is 5.12. The van der Waals surface area contributed by atoms with Crippen LogP contribution in [0.25, 0.3) is 0 Å². The zero-order valence-electron chi connectivity index (χ0n) is 8.99. The fourth-order valence-corrected chi connectivity index (χ4v) is 3.19. The molecular formula is C13H13FN2. The van der Waals surface area contributed by atoms with E-state index in [1.165, 1.54) is 24.7 Å². The SMILES string of the molecule is Fc1cccc2c1CN1CC3CC(C3)C1=N2. The van der Waals surface area contributed by atoms with E-state index < -0.39 is 0 Å². The zero-order chi connectivity index (χ0) is 10.7. The Bertz CT molecular complexity index is 489. The first-order chi connectivity index (χ1) is 7.81.